The number of hydrogen-bond donors (Lipinski definition) is 1. The molecule has 2 N–H and O–H groups in total. The molecule has 0 aliphatic carbocycles. The molecule has 0 aromatic heterocycles. The van der Waals surface area contributed by atoms with E-state index in [1.54, 1.807) is 6.92 Å². The fourth-order valence-electron chi connectivity index (χ4n) is 0.331. The zero-order valence-corrected chi connectivity index (χ0v) is 5.59. The van der Waals surface area contributed by atoms with Crippen LogP contribution < -0.4 is 5.73 Å². The molecule has 2 unspecified atom stereocenters. The normalized spacial score (nSPS) is 18.8. The molecule has 3 nitrogen and oxygen atoms in total. The van der Waals surface area contributed by atoms with E-state index in [2.05, 4.69) is 0 Å². The Bertz CT molecular complexity index is 55.4. The Kier molecular flexibility index (Phi) is 2.97. The second-order valence-corrected chi connectivity index (χ2v) is 2.15. The van der Waals surface area contributed by atoms with Gasteiger partial charge in [0.2, 0.25) is 0 Å². The van der Waals surface area contributed by atoms with Crippen LogP contribution in [0.4, 0.5) is 0 Å². The maximum absolute atomic E-state index is 10.4. The molecule has 2 atom stereocenters. The van der Waals surface area contributed by atoms with Gasteiger partial charge in [0.05, 0.1) is 0 Å². The molecule has 50 valence electrons. The fourth-order valence-corrected chi connectivity index (χ4v) is 0.331. The minimum absolute atomic E-state index is 0.0440. The zero-order valence-electron chi connectivity index (χ0n) is 5.59. The summed E-state index contributed by atoms with van der Waals surface area (Å²) in [5, 5.41) is 11.3. The molecular weight excluding hydrogens is 104 g/mol. The van der Waals surface area contributed by atoms with Gasteiger partial charge in [-0.3, -0.25) is 0 Å². The third kappa shape index (κ3) is 2.26. The lowest BCUT2D eigenvalue weighted by Crippen LogP contribution is -2.38. The van der Waals surface area contributed by atoms with Crippen molar-refractivity contribution in [3.8, 4) is 0 Å². The van der Waals surface area contributed by atoms with E-state index in [0.717, 1.165) is 5.06 Å². The Morgan fingerprint density at radius 2 is 1.88 bits per heavy atom. The van der Waals surface area contributed by atoms with Gasteiger partial charge in [-0.2, -0.15) is 0 Å². The van der Waals surface area contributed by atoms with Gasteiger partial charge in [-0.05, 0) is 20.9 Å². The molecule has 0 radical (unpaired) electrons. The predicted molar refractivity (Wildman–Crippen MR) is 34.2 cm³/mol. The van der Waals surface area contributed by atoms with Crippen LogP contribution in [0.5, 0.6) is 0 Å². The third-order valence-corrected chi connectivity index (χ3v) is 1.33. The summed E-state index contributed by atoms with van der Waals surface area (Å²) < 4.78 is 0. The number of hydroxylamine groups is 2. The predicted octanol–water partition coefficient (Wildman–Crippen LogP) is 0.152. The lowest BCUT2D eigenvalue weighted by Gasteiger charge is -2.32. The van der Waals surface area contributed by atoms with Crippen molar-refractivity contribution < 1.29 is 0 Å². The topological polar surface area (TPSA) is 52.3 Å². The van der Waals surface area contributed by atoms with Crippen molar-refractivity contribution in [2.75, 3.05) is 7.05 Å². The molecule has 0 amide bonds. The average Bonchev–Trinajstić information content (AvgIpc) is 1.64. The van der Waals surface area contributed by atoms with E-state index in [0.29, 0.717) is 0 Å². The standard InChI is InChI=1S/C5H13N2O/c1-4(6)5(2)7(3)8/h4-5H,6H2,1-3H3/q-1. The molecule has 0 aromatic carbocycles. The number of hydrogen-bond acceptors (Lipinski definition) is 3. The first-order valence-electron chi connectivity index (χ1n) is 2.71. The first-order chi connectivity index (χ1) is 3.55. The second-order valence-electron chi connectivity index (χ2n) is 2.15. The summed E-state index contributed by atoms with van der Waals surface area (Å²) in [4.78, 5) is 0. The largest absolute Gasteiger partial charge is 0.785 e. The van der Waals surface area contributed by atoms with Crippen LogP contribution >= 0.6 is 0 Å². The Morgan fingerprint density at radius 3 is 1.88 bits per heavy atom. The van der Waals surface area contributed by atoms with Gasteiger partial charge in [-0.15, -0.1) is 0 Å². The molecule has 0 saturated carbocycles. The highest BCUT2D eigenvalue weighted by Gasteiger charge is 2.03. The molecule has 0 aliphatic heterocycles. The van der Waals surface area contributed by atoms with Gasteiger partial charge in [0.1, 0.15) is 0 Å². The van der Waals surface area contributed by atoms with Crippen LogP contribution in [-0.2, 0) is 0 Å². The first kappa shape index (κ1) is 7.88. The van der Waals surface area contributed by atoms with Gasteiger partial charge < -0.3 is 16.0 Å². The van der Waals surface area contributed by atoms with Crippen LogP contribution in [0.1, 0.15) is 13.8 Å². The third-order valence-electron chi connectivity index (χ3n) is 1.33. The Balaban J connectivity index is 3.46. The number of nitrogens with two attached hydrogens (primary N) is 1. The maximum Gasteiger partial charge on any atom is 0.0156 e. The minimum atomic E-state index is -0.0741. The van der Waals surface area contributed by atoms with E-state index < -0.39 is 0 Å². The minimum Gasteiger partial charge on any atom is -0.785 e. The summed E-state index contributed by atoms with van der Waals surface area (Å²) in [7, 11) is 1.48. The van der Waals surface area contributed by atoms with Crippen LogP contribution in [0.15, 0.2) is 0 Å². The SMILES string of the molecule is CC(N)C(C)N(C)[O-]. The van der Waals surface area contributed by atoms with E-state index in [1.807, 2.05) is 6.92 Å². The molecule has 0 aliphatic rings. The van der Waals surface area contributed by atoms with Crippen LogP contribution in [0.25, 0.3) is 0 Å². The molecule has 3 heteroatoms. The smallest absolute Gasteiger partial charge is 0.0156 e. The van der Waals surface area contributed by atoms with Crippen LogP contribution in [-0.4, -0.2) is 24.2 Å². The van der Waals surface area contributed by atoms with E-state index in [1.165, 1.54) is 7.05 Å². The zero-order chi connectivity index (χ0) is 6.73. The fraction of sp³-hybridized carbons (Fsp3) is 1.00. The van der Waals surface area contributed by atoms with Crippen molar-refractivity contribution in [1.82, 2.24) is 5.06 Å². The van der Waals surface area contributed by atoms with Gasteiger partial charge in [0.25, 0.3) is 0 Å². The van der Waals surface area contributed by atoms with Crippen molar-refractivity contribution in [3.63, 3.8) is 0 Å². The van der Waals surface area contributed by atoms with E-state index in [9.17, 15) is 5.21 Å². The quantitative estimate of drug-likeness (QED) is 0.524. The van der Waals surface area contributed by atoms with Crippen molar-refractivity contribution in [2.45, 2.75) is 25.9 Å². The van der Waals surface area contributed by atoms with Crippen LogP contribution in [0, 0.1) is 5.21 Å². The lowest BCUT2D eigenvalue weighted by atomic mass is 10.2. The molecule has 8 heavy (non-hydrogen) atoms. The molecule has 0 spiro atoms. The van der Waals surface area contributed by atoms with E-state index >= 15 is 0 Å². The molecule has 0 fully saturated rings. The molecule has 0 heterocycles. The number of rotatable bonds is 2. The average molecular weight is 117 g/mol. The van der Waals surface area contributed by atoms with Gasteiger partial charge in [-0.25, -0.2) is 0 Å². The highest BCUT2D eigenvalue weighted by atomic mass is 16.5. The van der Waals surface area contributed by atoms with Crippen molar-refractivity contribution >= 4 is 0 Å². The Morgan fingerprint density at radius 1 is 1.50 bits per heavy atom. The Hall–Kier alpha value is -0.120. The second kappa shape index (κ2) is 3.02. The van der Waals surface area contributed by atoms with Gasteiger partial charge in [0, 0.05) is 12.1 Å². The van der Waals surface area contributed by atoms with Gasteiger partial charge >= 0.3 is 0 Å². The summed E-state index contributed by atoms with van der Waals surface area (Å²) in [5.74, 6) is 0. The summed E-state index contributed by atoms with van der Waals surface area (Å²) in [5.41, 5.74) is 5.40. The van der Waals surface area contributed by atoms with Crippen molar-refractivity contribution in [1.29, 1.82) is 0 Å². The number of nitrogens with zero attached hydrogens (tertiary/aromatic N) is 1. The molecule has 0 saturated heterocycles. The first-order valence-corrected chi connectivity index (χ1v) is 2.71. The van der Waals surface area contributed by atoms with Crippen LogP contribution in [0.3, 0.4) is 0 Å². The Labute approximate surface area is 50.0 Å². The summed E-state index contributed by atoms with van der Waals surface area (Å²) >= 11 is 0. The van der Waals surface area contributed by atoms with Gasteiger partial charge in [-0.1, -0.05) is 0 Å². The van der Waals surface area contributed by atoms with Crippen molar-refractivity contribution in [3.05, 3.63) is 5.21 Å². The van der Waals surface area contributed by atoms with Crippen molar-refractivity contribution in [2.24, 2.45) is 5.73 Å². The molecular formula is C5H13N2O-. The van der Waals surface area contributed by atoms with E-state index in [4.69, 9.17) is 5.73 Å². The van der Waals surface area contributed by atoms with Crippen LogP contribution in [0.2, 0.25) is 0 Å². The lowest BCUT2D eigenvalue weighted by molar-refractivity contribution is 0.315. The molecule has 0 rings (SSSR count). The highest BCUT2D eigenvalue weighted by molar-refractivity contribution is 4.71. The number of likely N-dealkylation sites (N-methyl/N-ethyl adjacent to an activating group) is 1. The van der Waals surface area contributed by atoms with Gasteiger partial charge in [0.15, 0.2) is 0 Å². The summed E-state index contributed by atoms with van der Waals surface area (Å²) in [6.45, 7) is 3.62. The highest BCUT2D eigenvalue weighted by Crippen LogP contribution is 1.94. The summed E-state index contributed by atoms with van der Waals surface area (Å²) in [6.07, 6.45) is 0. The monoisotopic (exact) mass is 117 g/mol. The summed E-state index contributed by atoms with van der Waals surface area (Å²) in [6, 6.07) is -0.118. The van der Waals surface area contributed by atoms with E-state index in [-0.39, 0.29) is 12.1 Å². The molecule has 0 bridgehead atoms. The molecule has 0 aromatic rings. The maximum atomic E-state index is 10.4.